The van der Waals surface area contributed by atoms with Crippen LogP contribution < -0.4 is 0 Å². The third-order valence-corrected chi connectivity index (χ3v) is 4.32. The van der Waals surface area contributed by atoms with Crippen molar-refractivity contribution in [2.45, 2.75) is 6.92 Å². The first kappa shape index (κ1) is 16.0. The van der Waals surface area contributed by atoms with Crippen LogP contribution >= 0.6 is 0 Å². The standard InChI is InChI=1S/C21H17N3O2/c1-14-4-3-5-17(12-14)20-23-22-19-11-10-18(13-24(19)20)15-6-8-16(9-7-15)21(25)26-2/h3-13H,1-2H3. The Bertz CT molecular complexity index is 1100. The Morgan fingerprint density at radius 1 is 0.923 bits per heavy atom. The highest BCUT2D eigenvalue weighted by molar-refractivity contribution is 5.90. The maximum atomic E-state index is 11.6. The molecule has 0 amide bonds. The fourth-order valence-corrected chi connectivity index (χ4v) is 2.96. The van der Waals surface area contributed by atoms with Gasteiger partial charge in [0.15, 0.2) is 11.5 Å². The highest BCUT2D eigenvalue weighted by Gasteiger charge is 2.10. The molecule has 0 N–H and O–H groups in total. The summed E-state index contributed by atoms with van der Waals surface area (Å²) in [6, 6.07) is 19.5. The molecule has 0 fully saturated rings. The highest BCUT2D eigenvalue weighted by Crippen LogP contribution is 2.24. The van der Waals surface area contributed by atoms with Gasteiger partial charge >= 0.3 is 5.97 Å². The largest absolute Gasteiger partial charge is 0.465 e. The van der Waals surface area contributed by atoms with E-state index in [1.807, 2.05) is 47.0 Å². The number of carbonyl (C=O) groups is 1. The summed E-state index contributed by atoms with van der Waals surface area (Å²) in [4.78, 5) is 11.6. The van der Waals surface area contributed by atoms with Crippen LogP contribution in [0.15, 0.2) is 66.9 Å². The van der Waals surface area contributed by atoms with E-state index in [-0.39, 0.29) is 5.97 Å². The number of aromatic nitrogens is 3. The maximum Gasteiger partial charge on any atom is 0.337 e. The average Bonchev–Trinajstić information content (AvgIpc) is 3.10. The van der Waals surface area contributed by atoms with E-state index in [0.717, 1.165) is 28.2 Å². The zero-order chi connectivity index (χ0) is 18.1. The number of rotatable bonds is 3. The molecule has 0 aliphatic heterocycles. The van der Waals surface area contributed by atoms with E-state index in [1.165, 1.54) is 12.7 Å². The molecule has 26 heavy (non-hydrogen) atoms. The third kappa shape index (κ3) is 2.84. The SMILES string of the molecule is COC(=O)c1ccc(-c2ccc3nnc(-c4cccc(C)c4)n3c2)cc1. The van der Waals surface area contributed by atoms with Crippen molar-refractivity contribution in [3.8, 4) is 22.5 Å². The van der Waals surface area contributed by atoms with Crippen molar-refractivity contribution < 1.29 is 9.53 Å². The molecule has 0 atom stereocenters. The summed E-state index contributed by atoms with van der Waals surface area (Å²) in [6.07, 6.45) is 2.01. The van der Waals surface area contributed by atoms with Crippen LogP contribution in [0.4, 0.5) is 0 Å². The topological polar surface area (TPSA) is 56.5 Å². The Morgan fingerprint density at radius 2 is 1.69 bits per heavy atom. The highest BCUT2D eigenvalue weighted by atomic mass is 16.5. The predicted molar refractivity (Wildman–Crippen MR) is 99.9 cm³/mol. The van der Waals surface area contributed by atoms with Gasteiger partial charge in [-0.1, -0.05) is 35.9 Å². The molecule has 0 aliphatic carbocycles. The van der Waals surface area contributed by atoms with Crippen molar-refractivity contribution >= 4 is 11.6 Å². The normalized spacial score (nSPS) is 10.8. The van der Waals surface area contributed by atoms with Crippen LogP contribution in [0.2, 0.25) is 0 Å². The minimum Gasteiger partial charge on any atom is -0.465 e. The number of hydrogen-bond donors (Lipinski definition) is 0. The minimum absolute atomic E-state index is 0.340. The third-order valence-electron chi connectivity index (χ3n) is 4.32. The van der Waals surface area contributed by atoms with Crippen molar-refractivity contribution in [2.24, 2.45) is 0 Å². The molecule has 2 aromatic heterocycles. The molecule has 0 aliphatic rings. The molecule has 0 saturated heterocycles. The number of carbonyl (C=O) groups excluding carboxylic acids is 1. The number of methoxy groups -OCH3 is 1. The fourth-order valence-electron chi connectivity index (χ4n) is 2.96. The number of fused-ring (bicyclic) bond motifs is 1. The second-order valence-corrected chi connectivity index (χ2v) is 6.11. The minimum atomic E-state index is -0.340. The van der Waals surface area contributed by atoms with Gasteiger partial charge in [-0.2, -0.15) is 0 Å². The first-order valence-corrected chi connectivity index (χ1v) is 8.26. The number of benzene rings is 2. The summed E-state index contributed by atoms with van der Waals surface area (Å²) in [7, 11) is 1.38. The molecule has 5 heteroatoms. The van der Waals surface area contributed by atoms with E-state index >= 15 is 0 Å². The van der Waals surface area contributed by atoms with Crippen LogP contribution in [0, 0.1) is 6.92 Å². The number of esters is 1. The van der Waals surface area contributed by atoms with Gasteiger partial charge in [-0.15, -0.1) is 10.2 Å². The lowest BCUT2D eigenvalue weighted by atomic mass is 10.1. The van der Waals surface area contributed by atoms with Crippen molar-refractivity contribution in [1.29, 1.82) is 0 Å². The number of pyridine rings is 1. The van der Waals surface area contributed by atoms with Crippen LogP contribution in [-0.4, -0.2) is 27.7 Å². The van der Waals surface area contributed by atoms with Gasteiger partial charge in [0.1, 0.15) is 0 Å². The number of ether oxygens (including phenoxy) is 1. The first-order chi connectivity index (χ1) is 12.7. The summed E-state index contributed by atoms with van der Waals surface area (Å²) in [5, 5.41) is 8.60. The van der Waals surface area contributed by atoms with Crippen molar-refractivity contribution in [2.75, 3.05) is 7.11 Å². The molecule has 128 valence electrons. The monoisotopic (exact) mass is 343 g/mol. The molecular formula is C21H17N3O2. The van der Waals surface area contributed by atoms with Gasteiger partial charge < -0.3 is 4.74 Å². The Kier molecular flexibility index (Phi) is 3.97. The Hall–Kier alpha value is -3.47. The van der Waals surface area contributed by atoms with Gasteiger partial charge in [-0.05, 0) is 48.4 Å². The molecule has 4 rings (SSSR count). The number of aryl methyl sites for hydroxylation is 1. The fraction of sp³-hybridized carbons (Fsp3) is 0.0952. The Labute approximate surface area is 150 Å². The molecule has 2 aromatic carbocycles. The van der Waals surface area contributed by atoms with Crippen molar-refractivity contribution in [3.05, 3.63) is 78.0 Å². The van der Waals surface area contributed by atoms with Crippen molar-refractivity contribution in [1.82, 2.24) is 14.6 Å². The summed E-state index contributed by atoms with van der Waals surface area (Å²) in [5.74, 6) is 0.462. The van der Waals surface area contributed by atoms with Crippen LogP contribution in [-0.2, 0) is 4.74 Å². The molecule has 5 nitrogen and oxygen atoms in total. The van der Waals surface area contributed by atoms with Crippen LogP contribution in [0.5, 0.6) is 0 Å². The molecule has 0 radical (unpaired) electrons. The first-order valence-electron chi connectivity index (χ1n) is 8.26. The van der Waals surface area contributed by atoms with Gasteiger partial charge in [0.25, 0.3) is 0 Å². The zero-order valence-electron chi connectivity index (χ0n) is 14.5. The zero-order valence-corrected chi connectivity index (χ0v) is 14.5. The second kappa shape index (κ2) is 6.44. The molecule has 0 saturated carbocycles. The van der Waals surface area contributed by atoms with Crippen molar-refractivity contribution in [3.63, 3.8) is 0 Å². The maximum absolute atomic E-state index is 11.6. The summed E-state index contributed by atoms with van der Waals surface area (Å²) in [5.41, 5.74) is 5.54. The molecule has 0 bridgehead atoms. The van der Waals surface area contributed by atoms with Crippen LogP contribution in [0.25, 0.3) is 28.2 Å². The van der Waals surface area contributed by atoms with Gasteiger partial charge in [0.05, 0.1) is 12.7 Å². The van der Waals surface area contributed by atoms with E-state index in [9.17, 15) is 4.79 Å². The Balaban J connectivity index is 1.78. The lowest BCUT2D eigenvalue weighted by Gasteiger charge is -2.06. The molecule has 4 aromatic rings. The number of nitrogens with zero attached hydrogens (tertiary/aromatic N) is 3. The van der Waals surface area contributed by atoms with E-state index in [4.69, 9.17) is 4.74 Å². The lowest BCUT2D eigenvalue weighted by Crippen LogP contribution is -2.00. The summed E-state index contributed by atoms with van der Waals surface area (Å²) < 4.78 is 6.73. The van der Waals surface area contributed by atoms with Gasteiger partial charge in [-0.3, -0.25) is 4.40 Å². The smallest absolute Gasteiger partial charge is 0.337 e. The molecule has 0 spiro atoms. The van der Waals surface area contributed by atoms with E-state index < -0.39 is 0 Å². The molecular weight excluding hydrogens is 326 g/mol. The van der Waals surface area contributed by atoms with E-state index in [0.29, 0.717) is 5.56 Å². The van der Waals surface area contributed by atoms with Crippen LogP contribution in [0.1, 0.15) is 15.9 Å². The van der Waals surface area contributed by atoms with Gasteiger partial charge in [0.2, 0.25) is 0 Å². The predicted octanol–water partition coefficient (Wildman–Crippen LogP) is 4.16. The summed E-state index contributed by atoms with van der Waals surface area (Å²) >= 11 is 0. The molecule has 2 heterocycles. The second-order valence-electron chi connectivity index (χ2n) is 6.11. The lowest BCUT2D eigenvalue weighted by molar-refractivity contribution is 0.0601. The van der Waals surface area contributed by atoms with Crippen LogP contribution in [0.3, 0.4) is 0 Å². The van der Waals surface area contributed by atoms with Gasteiger partial charge in [0, 0.05) is 11.8 Å². The van der Waals surface area contributed by atoms with Gasteiger partial charge in [-0.25, -0.2) is 4.79 Å². The van der Waals surface area contributed by atoms with E-state index in [1.54, 1.807) is 12.1 Å². The van der Waals surface area contributed by atoms with E-state index in [2.05, 4.69) is 29.3 Å². The summed E-state index contributed by atoms with van der Waals surface area (Å²) in [6.45, 7) is 2.06. The Morgan fingerprint density at radius 3 is 2.42 bits per heavy atom. The average molecular weight is 343 g/mol. The number of hydrogen-bond acceptors (Lipinski definition) is 4. The molecule has 0 unspecified atom stereocenters. The quantitative estimate of drug-likeness (QED) is 0.524.